The fourth-order valence-electron chi connectivity index (χ4n) is 0.802. The second kappa shape index (κ2) is 2.96. The van der Waals surface area contributed by atoms with E-state index in [4.69, 9.17) is 0 Å². The molecule has 0 unspecified atom stereocenters. The third kappa shape index (κ3) is 1.55. The van der Waals surface area contributed by atoms with Crippen LogP contribution in [0.15, 0.2) is 0 Å². The van der Waals surface area contributed by atoms with E-state index < -0.39 is 0 Å². The molecule has 0 aromatic carbocycles. The summed E-state index contributed by atoms with van der Waals surface area (Å²) in [5, 5.41) is 0. The second-order valence-electron chi connectivity index (χ2n) is 1.81. The molecule has 1 heterocycles. The number of hydrogen-bond acceptors (Lipinski definition) is 0. The Morgan fingerprint density at radius 1 is 0.833 bits per heavy atom. The molecule has 0 saturated carbocycles. The second-order valence-corrected chi connectivity index (χ2v) is 7.64. The van der Waals surface area contributed by atoms with Crippen LogP contribution in [0.1, 0.15) is 19.3 Å². The molecule has 0 aromatic heterocycles. The first-order valence-corrected chi connectivity index (χ1v) is 8.20. The van der Waals surface area contributed by atoms with E-state index in [0.29, 0.717) is 0 Å². The van der Waals surface area contributed by atoms with Crippen LogP contribution in [0.2, 0.25) is 8.26 Å². The maximum atomic E-state index is 1.69. The van der Waals surface area contributed by atoms with Crippen LogP contribution < -0.4 is 0 Å². The van der Waals surface area contributed by atoms with Gasteiger partial charge in [0.25, 0.3) is 0 Å². The van der Waals surface area contributed by atoms with Gasteiger partial charge in [0.05, 0.1) is 0 Å². The number of hydrogen-bond donors (Lipinski definition) is 0. The molecule has 0 nitrogen and oxygen atoms in total. The summed E-state index contributed by atoms with van der Waals surface area (Å²) in [5.41, 5.74) is 0. The summed E-state index contributed by atoms with van der Waals surface area (Å²) in [6.07, 6.45) is 4.72. The topological polar surface area (TPSA) is 0 Å². The van der Waals surface area contributed by atoms with Crippen LogP contribution in [0.25, 0.3) is 0 Å². The molecule has 1 heteroatoms. The molecule has 1 fully saturated rings. The summed E-state index contributed by atoms with van der Waals surface area (Å²) in [6, 6.07) is 0. The average Bonchev–Trinajstić information content (AvgIpc) is 1.72. The zero-order chi connectivity index (χ0) is 4.24. The van der Waals surface area contributed by atoms with E-state index in [0.717, 1.165) is 0 Å². The molecule has 0 aromatic rings. The van der Waals surface area contributed by atoms with Crippen LogP contribution in [-0.2, 0) is 0 Å². The Morgan fingerprint density at radius 2 is 1.50 bits per heavy atom. The van der Waals surface area contributed by atoms with Crippen molar-refractivity contribution in [2.24, 2.45) is 0 Å². The molecule has 1 aliphatic rings. The van der Waals surface area contributed by atoms with Gasteiger partial charge in [0.15, 0.2) is 0 Å². The van der Waals surface area contributed by atoms with Crippen LogP contribution in [0.5, 0.6) is 0 Å². The molecule has 0 aliphatic carbocycles. The van der Waals surface area contributed by atoms with Gasteiger partial charge >= 0.3 is 50.8 Å². The number of rotatable bonds is 0. The van der Waals surface area contributed by atoms with Gasteiger partial charge in [0, 0.05) is 0 Å². The Labute approximate surface area is 50.9 Å². The van der Waals surface area contributed by atoms with Gasteiger partial charge in [0.1, 0.15) is 0 Å². The molecule has 0 atom stereocenters. The molecule has 0 bridgehead atoms. The van der Waals surface area contributed by atoms with Crippen molar-refractivity contribution in [3.8, 4) is 0 Å². The van der Waals surface area contributed by atoms with Crippen molar-refractivity contribution in [2.75, 3.05) is 0 Å². The monoisotopic (exact) mass is 280 g/mol. The predicted octanol–water partition coefficient (Wildman–Crippen LogP) is 1.44. The fraction of sp³-hybridized carbons (Fsp3) is 1.00. The molecular weight excluding hydrogens is 269 g/mol. The van der Waals surface area contributed by atoms with Crippen molar-refractivity contribution in [2.45, 2.75) is 27.5 Å². The van der Waals surface area contributed by atoms with Crippen molar-refractivity contribution in [3.63, 3.8) is 0 Å². The fourth-order valence-corrected chi connectivity index (χ4v) is 5.66. The minimum atomic E-state index is 0.112. The van der Waals surface area contributed by atoms with Gasteiger partial charge in [-0.1, -0.05) is 0 Å². The Balaban J connectivity index is 2.00. The van der Waals surface area contributed by atoms with Gasteiger partial charge in [-0.15, -0.1) is 0 Å². The molecule has 0 N–H and O–H groups in total. The quantitative estimate of drug-likeness (QED) is 0.589. The zero-order valence-corrected chi connectivity index (χ0v) is 7.92. The van der Waals surface area contributed by atoms with Gasteiger partial charge in [-0.25, -0.2) is 0 Å². The first kappa shape index (κ1) is 5.03. The van der Waals surface area contributed by atoms with Crippen molar-refractivity contribution in [1.29, 1.82) is 0 Å². The zero-order valence-electron chi connectivity index (χ0n) is 4.04. The average molecular weight is 280 g/mol. The first-order chi connectivity index (χ1) is 3.00. The van der Waals surface area contributed by atoms with Gasteiger partial charge in [-0.05, 0) is 0 Å². The standard InChI is InChI=1S/C5H10.Bi.H/c1-3-5-4-2;;/h1-5H2;;. The Kier molecular flexibility index (Phi) is 2.48. The van der Waals surface area contributed by atoms with E-state index in [1.807, 2.05) is 0 Å². The van der Waals surface area contributed by atoms with Gasteiger partial charge in [-0.2, -0.15) is 0 Å². The SMILES string of the molecule is C1C[CH2][BiH][CH2]C1. The maximum absolute atomic E-state index is 1.69. The Bertz CT molecular complexity index is 19.4. The van der Waals surface area contributed by atoms with Crippen LogP contribution in [0, 0.1) is 0 Å². The third-order valence-electron chi connectivity index (χ3n) is 1.21. The Hall–Kier alpha value is 0.883. The van der Waals surface area contributed by atoms with E-state index in [1.165, 1.54) is 0 Å². The molecular formula is C5H11Bi. The molecule has 0 spiro atoms. The van der Waals surface area contributed by atoms with Crippen molar-refractivity contribution in [3.05, 3.63) is 0 Å². The van der Waals surface area contributed by atoms with E-state index in [2.05, 4.69) is 0 Å². The predicted molar refractivity (Wildman–Crippen MR) is 30.6 cm³/mol. The van der Waals surface area contributed by atoms with E-state index >= 15 is 0 Å². The van der Waals surface area contributed by atoms with Crippen molar-refractivity contribution >= 4 is 23.2 Å². The van der Waals surface area contributed by atoms with Crippen LogP contribution in [0.3, 0.4) is 0 Å². The van der Waals surface area contributed by atoms with E-state index in [9.17, 15) is 0 Å². The molecule has 6 heavy (non-hydrogen) atoms. The van der Waals surface area contributed by atoms with Crippen molar-refractivity contribution in [1.82, 2.24) is 0 Å². The van der Waals surface area contributed by atoms with Gasteiger partial charge < -0.3 is 0 Å². The summed E-state index contributed by atoms with van der Waals surface area (Å²) < 4.78 is 3.39. The molecule has 36 valence electrons. The molecule has 1 rings (SSSR count). The normalized spacial score (nSPS) is 24.0. The first-order valence-electron chi connectivity index (χ1n) is 2.71. The summed E-state index contributed by atoms with van der Waals surface area (Å²) in [4.78, 5) is 0. The van der Waals surface area contributed by atoms with Gasteiger partial charge in [-0.3, -0.25) is 0 Å². The molecule has 0 radical (unpaired) electrons. The van der Waals surface area contributed by atoms with Gasteiger partial charge in [0.2, 0.25) is 0 Å². The molecule has 1 aliphatic heterocycles. The van der Waals surface area contributed by atoms with E-state index in [-0.39, 0.29) is 23.2 Å². The molecule has 0 amide bonds. The summed E-state index contributed by atoms with van der Waals surface area (Å²) >= 11 is 0.112. The van der Waals surface area contributed by atoms with Crippen LogP contribution >= 0.6 is 0 Å². The summed E-state index contributed by atoms with van der Waals surface area (Å²) in [5.74, 6) is 0. The minimum absolute atomic E-state index is 0.112. The summed E-state index contributed by atoms with van der Waals surface area (Å²) in [7, 11) is 0. The van der Waals surface area contributed by atoms with E-state index in [1.54, 1.807) is 27.5 Å². The van der Waals surface area contributed by atoms with Crippen LogP contribution in [0.4, 0.5) is 0 Å². The third-order valence-corrected chi connectivity index (χ3v) is 6.70. The van der Waals surface area contributed by atoms with Crippen LogP contribution in [-0.4, -0.2) is 23.2 Å². The van der Waals surface area contributed by atoms with Crippen molar-refractivity contribution < 1.29 is 0 Å². The summed E-state index contributed by atoms with van der Waals surface area (Å²) in [6.45, 7) is 0. The molecule has 1 saturated heterocycles. The Morgan fingerprint density at radius 3 is 1.67 bits per heavy atom.